The molecule has 0 aromatic carbocycles. The van der Waals surface area contributed by atoms with Gasteiger partial charge in [-0.2, -0.15) is 0 Å². The van der Waals surface area contributed by atoms with Crippen molar-refractivity contribution in [2.75, 3.05) is 10.2 Å². The fraction of sp³-hybridized carbons (Fsp3) is 0.600. The number of amides is 1. The Morgan fingerprint density at radius 2 is 2.73 bits per heavy atom. The fourth-order valence-corrected chi connectivity index (χ4v) is 2.51. The highest BCUT2D eigenvalue weighted by Gasteiger charge is 2.17. The number of rotatable bonds is 1. The van der Waals surface area contributed by atoms with E-state index < -0.39 is 6.09 Å². The molecule has 0 aliphatic carbocycles. The lowest BCUT2D eigenvalue weighted by Crippen LogP contribution is -2.25. The first-order valence-electron chi connectivity index (χ1n) is 2.99. The van der Waals surface area contributed by atoms with Crippen molar-refractivity contribution in [2.45, 2.75) is 6.04 Å². The van der Waals surface area contributed by atoms with Gasteiger partial charge in [0.15, 0.2) is 5.17 Å². The summed E-state index contributed by atoms with van der Waals surface area (Å²) in [6.07, 6.45) is -1.04. The van der Waals surface area contributed by atoms with Crippen LogP contribution in [0.4, 0.5) is 4.79 Å². The number of carboxylic acid groups (broad SMARTS) is 1. The molecule has 62 valence electrons. The molecule has 1 aliphatic heterocycles. The Bertz CT molecular complexity index is 197. The topological polar surface area (TPSA) is 61.7 Å². The van der Waals surface area contributed by atoms with Gasteiger partial charge in [0.25, 0.3) is 0 Å². The molecule has 0 saturated heterocycles. The zero-order chi connectivity index (χ0) is 8.27. The van der Waals surface area contributed by atoms with Gasteiger partial charge in [-0.15, -0.1) is 0 Å². The standard InChI is InChI=1S/C5H7IN2O2S/c6-1-3-2-11-4(7-3)8-5(9)10/h3H,1-2H2,(H,7,8)(H,9,10)/t3-/m1/s1. The number of hydrogen-bond donors (Lipinski definition) is 2. The molecule has 0 spiro atoms. The first-order chi connectivity index (χ1) is 5.22. The number of alkyl halides is 1. The van der Waals surface area contributed by atoms with E-state index in [2.05, 4.69) is 32.9 Å². The van der Waals surface area contributed by atoms with E-state index in [9.17, 15) is 4.79 Å². The predicted molar refractivity (Wildman–Crippen MR) is 53.7 cm³/mol. The highest BCUT2D eigenvalue weighted by molar-refractivity contribution is 14.1. The van der Waals surface area contributed by atoms with Gasteiger partial charge >= 0.3 is 6.09 Å². The van der Waals surface area contributed by atoms with Gasteiger partial charge in [0.1, 0.15) is 0 Å². The molecule has 2 N–H and O–H groups in total. The van der Waals surface area contributed by atoms with Crippen molar-refractivity contribution in [1.29, 1.82) is 0 Å². The van der Waals surface area contributed by atoms with Crippen molar-refractivity contribution >= 4 is 45.6 Å². The summed E-state index contributed by atoms with van der Waals surface area (Å²) < 4.78 is 0.940. The minimum atomic E-state index is -1.04. The molecule has 6 heteroatoms. The summed E-state index contributed by atoms with van der Waals surface area (Å²) in [5.41, 5.74) is 0. The second kappa shape index (κ2) is 4.15. The monoisotopic (exact) mass is 286 g/mol. The summed E-state index contributed by atoms with van der Waals surface area (Å²) >= 11 is 3.69. The van der Waals surface area contributed by atoms with Crippen LogP contribution in [0.1, 0.15) is 0 Å². The Labute approximate surface area is 82.0 Å². The van der Waals surface area contributed by atoms with Gasteiger partial charge < -0.3 is 5.11 Å². The molecule has 0 bridgehead atoms. The number of nitrogens with one attached hydrogen (secondary N) is 1. The van der Waals surface area contributed by atoms with Crippen LogP contribution < -0.4 is 5.32 Å². The average Bonchev–Trinajstić information content (AvgIpc) is 2.34. The average molecular weight is 286 g/mol. The molecule has 0 aromatic rings. The van der Waals surface area contributed by atoms with Crippen molar-refractivity contribution in [3.05, 3.63) is 0 Å². The van der Waals surface area contributed by atoms with Crippen molar-refractivity contribution in [3.63, 3.8) is 0 Å². The van der Waals surface area contributed by atoms with Gasteiger partial charge in [-0.1, -0.05) is 34.4 Å². The first kappa shape index (κ1) is 9.11. The maximum absolute atomic E-state index is 10.1. The van der Waals surface area contributed by atoms with Crippen LogP contribution in [0.5, 0.6) is 0 Å². The van der Waals surface area contributed by atoms with E-state index in [1.165, 1.54) is 11.8 Å². The van der Waals surface area contributed by atoms with Gasteiger partial charge in [-0.3, -0.25) is 10.3 Å². The van der Waals surface area contributed by atoms with E-state index in [1.807, 2.05) is 0 Å². The molecule has 1 aliphatic rings. The largest absolute Gasteiger partial charge is 0.465 e. The summed E-state index contributed by atoms with van der Waals surface area (Å²) in [7, 11) is 0. The Kier molecular flexibility index (Phi) is 3.44. The lowest BCUT2D eigenvalue weighted by molar-refractivity contribution is 0.200. The van der Waals surface area contributed by atoms with Gasteiger partial charge in [-0.05, 0) is 0 Å². The summed E-state index contributed by atoms with van der Waals surface area (Å²) in [5, 5.41) is 11.1. The lowest BCUT2D eigenvalue weighted by atomic mass is 10.4. The van der Waals surface area contributed by atoms with E-state index in [-0.39, 0.29) is 6.04 Å². The van der Waals surface area contributed by atoms with Crippen molar-refractivity contribution in [1.82, 2.24) is 5.32 Å². The smallest absolute Gasteiger partial charge is 0.410 e. The molecule has 0 saturated carbocycles. The predicted octanol–water partition coefficient (Wildman–Crippen LogP) is 1.16. The van der Waals surface area contributed by atoms with Crippen LogP contribution in [0.3, 0.4) is 0 Å². The molecule has 0 unspecified atom stereocenters. The molecule has 4 nitrogen and oxygen atoms in total. The van der Waals surface area contributed by atoms with Crippen LogP contribution in [0.15, 0.2) is 4.99 Å². The van der Waals surface area contributed by atoms with Crippen LogP contribution in [0, 0.1) is 0 Å². The molecule has 0 aromatic heterocycles. The number of hydrogen-bond acceptors (Lipinski definition) is 3. The summed E-state index contributed by atoms with van der Waals surface area (Å²) in [6.45, 7) is 0. The normalized spacial score (nSPS) is 23.0. The zero-order valence-corrected chi connectivity index (χ0v) is 8.55. The Morgan fingerprint density at radius 1 is 2.00 bits per heavy atom. The molecule has 11 heavy (non-hydrogen) atoms. The van der Waals surface area contributed by atoms with Crippen molar-refractivity contribution in [3.8, 4) is 0 Å². The third kappa shape index (κ3) is 2.86. The van der Waals surface area contributed by atoms with Crippen LogP contribution in [-0.2, 0) is 0 Å². The molecular weight excluding hydrogens is 279 g/mol. The minimum Gasteiger partial charge on any atom is -0.465 e. The summed E-state index contributed by atoms with van der Waals surface area (Å²) in [4.78, 5) is 14.3. The number of halogens is 1. The summed E-state index contributed by atoms with van der Waals surface area (Å²) in [5.74, 6) is 0.887. The third-order valence-corrected chi connectivity index (χ3v) is 3.15. The molecule has 1 rings (SSSR count). The Balaban J connectivity index is 2.42. The SMILES string of the molecule is O=C(O)NC1=N[C@H](CI)CS1. The number of carbonyl (C=O) groups is 1. The molecule has 0 fully saturated rings. The van der Waals surface area contributed by atoms with Gasteiger partial charge in [0.05, 0.1) is 6.04 Å². The number of amidine groups is 1. The van der Waals surface area contributed by atoms with E-state index in [1.54, 1.807) is 0 Å². The lowest BCUT2D eigenvalue weighted by Gasteiger charge is -1.95. The van der Waals surface area contributed by atoms with Crippen molar-refractivity contribution < 1.29 is 9.90 Å². The van der Waals surface area contributed by atoms with Gasteiger partial charge in [0.2, 0.25) is 0 Å². The van der Waals surface area contributed by atoms with E-state index in [4.69, 9.17) is 5.11 Å². The Hall–Kier alpha value is 0.0200. The molecule has 0 radical (unpaired) electrons. The highest BCUT2D eigenvalue weighted by atomic mass is 127. The summed E-state index contributed by atoms with van der Waals surface area (Å²) in [6, 6.07) is 0.280. The van der Waals surface area contributed by atoms with Crippen LogP contribution in [0.2, 0.25) is 0 Å². The quantitative estimate of drug-likeness (QED) is 0.561. The third-order valence-electron chi connectivity index (χ3n) is 1.10. The molecular formula is C5H7IN2O2S. The maximum atomic E-state index is 10.1. The van der Waals surface area contributed by atoms with Gasteiger partial charge in [-0.25, -0.2) is 4.79 Å². The second-order valence-corrected chi connectivity index (χ2v) is 3.87. The molecule has 1 heterocycles. The Morgan fingerprint density at radius 3 is 3.18 bits per heavy atom. The molecule has 1 atom stereocenters. The number of nitrogens with zero attached hydrogens (tertiary/aromatic N) is 1. The minimum absolute atomic E-state index is 0.280. The fourth-order valence-electron chi connectivity index (χ4n) is 0.654. The second-order valence-electron chi connectivity index (χ2n) is 1.98. The van der Waals surface area contributed by atoms with E-state index in [0.29, 0.717) is 5.17 Å². The van der Waals surface area contributed by atoms with E-state index >= 15 is 0 Å². The number of thioether (sulfide) groups is 1. The highest BCUT2D eigenvalue weighted by Crippen LogP contribution is 2.17. The number of aliphatic imine (C=N–C) groups is 1. The molecule has 1 amide bonds. The van der Waals surface area contributed by atoms with Crippen LogP contribution in [-0.4, -0.2) is 32.6 Å². The van der Waals surface area contributed by atoms with Gasteiger partial charge in [0, 0.05) is 10.2 Å². The van der Waals surface area contributed by atoms with Crippen molar-refractivity contribution in [2.24, 2.45) is 4.99 Å². The van der Waals surface area contributed by atoms with Crippen LogP contribution >= 0.6 is 34.4 Å². The zero-order valence-electron chi connectivity index (χ0n) is 5.58. The first-order valence-corrected chi connectivity index (χ1v) is 5.50. The van der Waals surface area contributed by atoms with Crippen LogP contribution in [0.25, 0.3) is 0 Å². The maximum Gasteiger partial charge on any atom is 0.410 e. The van der Waals surface area contributed by atoms with E-state index in [0.717, 1.165) is 10.2 Å².